The molecule has 84 valence electrons. The Kier molecular flexibility index (Phi) is 3.41. The first-order valence-corrected chi connectivity index (χ1v) is 5.94. The molecule has 0 unspecified atom stereocenters. The Balaban J connectivity index is 2.49. The zero-order chi connectivity index (χ0) is 11.5. The lowest BCUT2D eigenvalue weighted by molar-refractivity contribution is 0.712. The Morgan fingerprint density at radius 3 is 2.62 bits per heavy atom. The highest BCUT2D eigenvalue weighted by atomic mass is 79.9. The van der Waals surface area contributed by atoms with Crippen LogP contribution in [0.25, 0.3) is 11.3 Å². The van der Waals surface area contributed by atoms with E-state index in [0.29, 0.717) is 0 Å². The van der Waals surface area contributed by atoms with Crippen molar-refractivity contribution in [1.82, 2.24) is 14.9 Å². The second-order valence-electron chi connectivity index (χ2n) is 3.62. The van der Waals surface area contributed by atoms with Gasteiger partial charge in [0, 0.05) is 12.6 Å². The molecule has 1 heterocycles. The van der Waals surface area contributed by atoms with E-state index in [1.165, 1.54) is 5.56 Å². The van der Waals surface area contributed by atoms with Crippen molar-refractivity contribution in [2.75, 3.05) is 7.05 Å². The lowest BCUT2D eigenvalue weighted by atomic mass is 10.2. The number of benzene rings is 1. The van der Waals surface area contributed by atoms with E-state index in [9.17, 15) is 0 Å². The van der Waals surface area contributed by atoms with Gasteiger partial charge in [0.25, 0.3) is 0 Å². The first-order chi connectivity index (χ1) is 7.74. The van der Waals surface area contributed by atoms with Crippen molar-refractivity contribution in [3.05, 3.63) is 40.8 Å². The second-order valence-corrected chi connectivity index (χ2v) is 4.37. The van der Waals surface area contributed by atoms with Crippen LogP contribution in [0.2, 0.25) is 0 Å². The van der Waals surface area contributed by atoms with Gasteiger partial charge in [0.2, 0.25) is 0 Å². The highest BCUT2D eigenvalue weighted by Crippen LogP contribution is 2.28. The molecule has 0 fully saturated rings. The first kappa shape index (κ1) is 11.4. The van der Waals surface area contributed by atoms with E-state index >= 15 is 0 Å². The molecule has 0 aliphatic heterocycles. The summed E-state index contributed by atoms with van der Waals surface area (Å²) in [6.07, 6.45) is 0. The molecule has 0 bridgehead atoms. The summed E-state index contributed by atoms with van der Waals surface area (Å²) in [5.41, 5.74) is 2.29. The number of imidazole rings is 1. The van der Waals surface area contributed by atoms with Crippen LogP contribution in [0.3, 0.4) is 0 Å². The standard InChI is InChI=1S/C12H14BrN3/c1-14-8-10-15-12(13)11(16(10)2)9-6-4-3-5-7-9/h3-7,14H,8H2,1-2H3. The van der Waals surface area contributed by atoms with Crippen LogP contribution in [-0.4, -0.2) is 16.6 Å². The zero-order valence-corrected chi connectivity index (χ0v) is 11.0. The normalized spacial score (nSPS) is 10.7. The third-order valence-corrected chi connectivity index (χ3v) is 3.08. The number of nitrogens with one attached hydrogen (secondary N) is 1. The summed E-state index contributed by atoms with van der Waals surface area (Å²) >= 11 is 3.51. The first-order valence-electron chi connectivity index (χ1n) is 5.15. The smallest absolute Gasteiger partial charge is 0.132 e. The molecule has 2 rings (SSSR count). The van der Waals surface area contributed by atoms with E-state index in [0.717, 1.165) is 22.7 Å². The molecule has 1 N–H and O–H groups in total. The number of nitrogens with zero attached hydrogens (tertiary/aromatic N) is 2. The fourth-order valence-corrected chi connectivity index (χ4v) is 2.43. The third kappa shape index (κ3) is 2.03. The van der Waals surface area contributed by atoms with Crippen LogP contribution >= 0.6 is 15.9 Å². The number of halogens is 1. The van der Waals surface area contributed by atoms with Crippen molar-refractivity contribution < 1.29 is 0 Å². The quantitative estimate of drug-likeness (QED) is 0.936. The van der Waals surface area contributed by atoms with E-state index in [1.807, 2.05) is 32.3 Å². The van der Waals surface area contributed by atoms with Crippen LogP contribution in [-0.2, 0) is 13.6 Å². The molecule has 0 amide bonds. The van der Waals surface area contributed by atoms with Gasteiger partial charge in [-0.25, -0.2) is 4.98 Å². The Morgan fingerprint density at radius 1 is 1.31 bits per heavy atom. The molecule has 1 aromatic carbocycles. The molecular formula is C12H14BrN3. The topological polar surface area (TPSA) is 29.9 Å². The lowest BCUT2D eigenvalue weighted by Crippen LogP contribution is -2.10. The van der Waals surface area contributed by atoms with Crippen molar-refractivity contribution >= 4 is 15.9 Å². The highest BCUT2D eigenvalue weighted by molar-refractivity contribution is 9.10. The molecule has 3 nitrogen and oxygen atoms in total. The minimum Gasteiger partial charge on any atom is -0.329 e. The molecule has 0 aliphatic carbocycles. The summed E-state index contributed by atoms with van der Waals surface area (Å²) < 4.78 is 3.00. The summed E-state index contributed by atoms with van der Waals surface area (Å²) in [6.45, 7) is 0.766. The van der Waals surface area contributed by atoms with Crippen LogP contribution in [0.1, 0.15) is 5.82 Å². The molecule has 0 radical (unpaired) electrons. The van der Waals surface area contributed by atoms with Crippen LogP contribution in [0.15, 0.2) is 34.9 Å². The predicted molar refractivity (Wildman–Crippen MR) is 69.1 cm³/mol. The third-order valence-electron chi connectivity index (χ3n) is 2.53. The summed E-state index contributed by atoms with van der Waals surface area (Å²) in [5.74, 6) is 1.02. The average Bonchev–Trinajstić information content (AvgIpc) is 2.56. The van der Waals surface area contributed by atoms with Gasteiger partial charge < -0.3 is 9.88 Å². The molecule has 0 saturated heterocycles. The molecule has 0 aliphatic rings. The molecule has 0 saturated carbocycles. The van der Waals surface area contributed by atoms with Gasteiger partial charge in [-0.2, -0.15) is 0 Å². The summed E-state index contributed by atoms with van der Waals surface area (Å²) in [7, 11) is 3.96. The van der Waals surface area contributed by atoms with Gasteiger partial charge in [0.15, 0.2) is 0 Å². The van der Waals surface area contributed by atoms with Gasteiger partial charge in [0.05, 0.1) is 12.2 Å². The maximum atomic E-state index is 4.49. The molecular weight excluding hydrogens is 266 g/mol. The lowest BCUT2D eigenvalue weighted by Gasteiger charge is -2.05. The molecule has 2 aromatic rings. The van der Waals surface area contributed by atoms with Crippen molar-refractivity contribution in [2.45, 2.75) is 6.54 Å². The minimum absolute atomic E-state index is 0.766. The Bertz CT molecular complexity index is 477. The fourth-order valence-electron chi connectivity index (χ4n) is 1.73. The van der Waals surface area contributed by atoms with Gasteiger partial charge in [-0.1, -0.05) is 30.3 Å². The van der Waals surface area contributed by atoms with Gasteiger partial charge in [0.1, 0.15) is 10.4 Å². The largest absolute Gasteiger partial charge is 0.329 e. The number of aromatic nitrogens is 2. The zero-order valence-electron chi connectivity index (χ0n) is 9.37. The van der Waals surface area contributed by atoms with Crippen LogP contribution in [0.4, 0.5) is 0 Å². The van der Waals surface area contributed by atoms with Crippen LogP contribution in [0, 0.1) is 0 Å². The van der Waals surface area contributed by atoms with Crippen LogP contribution < -0.4 is 5.32 Å². The SMILES string of the molecule is CNCc1nc(Br)c(-c2ccccc2)n1C. The van der Waals surface area contributed by atoms with Crippen molar-refractivity contribution in [1.29, 1.82) is 0 Å². The van der Waals surface area contributed by atoms with Crippen molar-refractivity contribution in [3.8, 4) is 11.3 Å². The summed E-state index contributed by atoms with van der Waals surface area (Å²) in [4.78, 5) is 4.49. The minimum atomic E-state index is 0.766. The van der Waals surface area contributed by atoms with Crippen molar-refractivity contribution in [3.63, 3.8) is 0 Å². The fraction of sp³-hybridized carbons (Fsp3) is 0.250. The average molecular weight is 280 g/mol. The Morgan fingerprint density at radius 2 is 2.00 bits per heavy atom. The van der Waals surface area contributed by atoms with E-state index in [1.54, 1.807) is 0 Å². The second kappa shape index (κ2) is 4.80. The van der Waals surface area contributed by atoms with Crippen LogP contribution in [0.5, 0.6) is 0 Å². The molecule has 16 heavy (non-hydrogen) atoms. The van der Waals surface area contributed by atoms with E-state index in [2.05, 4.69) is 42.9 Å². The van der Waals surface area contributed by atoms with E-state index in [-0.39, 0.29) is 0 Å². The van der Waals surface area contributed by atoms with Crippen molar-refractivity contribution in [2.24, 2.45) is 7.05 Å². The van der Waals surface area contributed by atoms with E-state index in [4.69, 9.17) is 0 Å². The van der Waals surface area contributed by atoms with Gasteiger partial charge in [-0.3, -0.25) is 0 Å². The van der Waals surface area contributed by atoms with Gasteiger partial charge in [-0.15, -0.1) is 0 Å². The maximum absolute atomic E-state index is 4.49. The van der Waals surface area contributed by atoms with Gasteiger partial charge >= 0.3 is 0 Å². The number of hydrogen-bond acceptors (Lipinski definition) is 2. The summed E-state index contributed by atoms with van der Waals surface area (Å²) in [6, 6.07) is 10.3. The highest BCUT2D eigenvalue weighted by Gasteiger charge is 2.13. The van der Waals surface area contributed by atoms with E-state index < -0.39 is 0 Å². The molecule has 4 heteroatoms. The Hall–Kier alpha value is -1.13. The molecule has 1 aromatic heterocycles. The Labute approximate surface area is 104 Å². The predicted octanol–water partition coefficient (Wildman–Crippen LogP) is 2.57. The monoisotopic (exact) mass is 279 g/mol. The molecule has 0 atom stereocenters. The molecule has 0 spiro atoms. The summed E-state index contributed by atoms with van der Waals surface area (Å²) in [5, 5.41) is 3.11. The van der Waals surface area contributed by atoms with Gasteiger partial charge in [-0.05, 0) is 23.0 Å². The number of hydrogen-bond donors (Lipinski definition) is 1. The maximum Gasteiger partial charge on any atom is 0.132 e. The number of rotatable bonds is 3.